The zero-order valence-electron chi connectivity index (χ0n) is 11.9. The van der Waals surface area contributed by atoms with Crippen molar-refractivity contribution in [2.45, 2.75) is 31.7 Å². The van der Waals surface area contributed by atoms with Gasteiger partial charge in [0.2, 0.25) is 0 Å². The molecule has 1 aromatic rings. The Hall–Kier alpha value is -1.95. The number of rotatable bonds is 8. The maximum Gasteiger partial charge on any atom is 0.328 e. The predicted octanol–water partition coefficient (Wildman–Crippen LogP) is 1.94. The van der Waals surface area contributed by atoms with Gasteiger partial charge in [-0.1, -0.05) is 42.5 Å². The summed E-state index contributed by atoms with van der Waals surface area (Å²) in [5.41, 5.74) is 0.994. The van der Waals surface area contributed by atoms with E-state index in [1.807, 2.05) is 30.3 Å². The molecule has 1 unspecified atom stereocenters. The fraction of sp³-hybridized carbons (Fsp3) is 0.400. The number of hydrogen-bond acceptors (Lipinski definition) is 4. The number of carbonyl (C=O) groups excluding carboxylic acids is 1. The quantitative estimate of drug-likeness (QED) is 0.564. The number of esters is 1. The average molecular weight is 309 g/mol. The van der Waals surface area contributed by atoms with E-state index in [9.17, 15) is 9.59 Å². The highest BCUT2D eigenvalue weighted by atomic mass is 32.1. The molecule has 0 aliphatic carbocycles. The molecule has 0 saturated carbocycles. The van der Waals surface area contributed by atoms with Crippen LogP contribution in [0, 0.1) is 0 Å². The number of thiocarbonyl (C=S) groups is 1. The van der Waals surface area contributed by atoms with E-state index in [0.717, 1.165) is 5.56 Å². The second-order valence-electron chi connectivity index (χ2n) is 4.58. The first kappa shape index (κ1) is 17.1. The van der Waals surface area contributed by atoms with Gasteiger partial charge in [0, 0.05) is 12.8 Å². The third-order valence-corrected chi connectivity index (χ3v) is 3.22. The Morgan fingerprint density at radius 2 is 1.95 bits per heavy atom. The molecule has 2 N–H and O–H groups in total. The Morgan fingerprint density at radius 3 is 2.52 bits per heavy atom. The van der Waals surface area contributed by atoms with Gasteiger partial charge in [-0.15, -0.1) is 0 Å². The van der Waals surface area contributed by atoms with Crippen LogP contribution in [0.3, 0.4) is 0 Å². The molecule has 21 heavy (non-hydrogen) atoms. The molecule has 0 bridgehead atoms. The normalized spacial score (nSPS) is 11.5. The summed E-state index contributed by atoms with van der Waals surface area (Å²) in [6.07, 6.45) is 1.40. The van der Waals surface area contributed by atoms with Crippen LogP contribution < -0.4 is 5.32 Å². The van der Waals surface area contributed by atoms with Crippen molar-refractivity contribution < 1.29 is 19.4 Å². The van der Waals surface area contributed by atoms with Gasteiger partial charge in [-0.05, 0) is 18.4 Å². The SMILES string of the molecule is COC(=O)C(Cc1ccccc1)NC(=S)CCCC(=O)O. The van der Waals surface area contributed by atoms with Crippen LogP contribution in [0.2, 0.25) is 0 Å². The van der Waals surface area contributed by atoms with E-state index in [1.165, 1.54) is 7.11 Å². The van der Waals surface area contributed by atoms with E-state index in [-0.39, 0.29) is 12.4 Å². The molecule has 1 atom stereocenters. The molecular formula is C15H19NO4S. The average Bonchev–Trinajstić information content (AvgIpc) is 2.46. The van der Waals surface area contributed by atoms with Gasteiger partial charge in [0.25, 0.3) is 0 Å². The van der Waals surface area contributed by atoms with Crippen LogP contribution in [-0.2, 0) is 20.7 Å². The minimum Gasteiger partial charge on any atom is -0.481 e. The molecule has 0 aliphatic heterocycles. The van der Waals surface area contributed by atoms with Crippen molar-refractivity contribution >= 4 is 29.1 Å². The number of carbonyl (C=O) groups is 2. The molecule has 6 heteroatoms. The van der Waals surface area contributed by atoms with Crippen LogP contribution >= 0.6 is 12.2 Å². The molecule has 0 spiro atoms. The first-order valence-electron chi connectivity index (χ1n) is 6.66. The number of nitrogens with one attached hydrogen (secondary N) is 1. The van der Waals surface area contributed by atoms with Gasteiger partial charge in [-0.25, -0.2) is 4.79 Å². The van der Waals surface area contributed by atoms with E-state index in [1.54, 1.807) is 0 Å². The van der Waals surface area contributed by atoms with Crippen molar-refractivity contribution in [1.82, 2.24) is 5.32 Å². The van der Waals surface area contributed by atoms with Gasteiger partial charge >= 0.3 is 11.9 Å². The van der Waals surface area contributed by atoms with Crippen molar-refractivity contribution in [3.63, 3.8) is 0 Å². The maximum absolute atomic E-state index is 11.8. The Kier molecular flexibility index (Phi) is 7.39. The molecule has 1 aromatic carbocycles. The van der Waals surface area contributed by atoms with Crippen LogP contribution in [0.15, 0.2) is 30.3 Å². The zero-order chi connectivity index (χ0) is 15.7. The highest BCUT2D eigenvalue weighted by Crippen LogP contribution is 2.06. The third kappa shape index (κ3) is 6.85. The van der Waals surface area contributed by atoms with Crippen molar-refractivity contribution in [3.8, 4) is 0 Å². The standard InChI is InChI=1S/C15H19NO4S/c1-20-15(19)12(10-11-6-3-2-4-7-11)16-13(21)8-5-9-14(17)18/h2-4,6-7,12H,5,8-10H2,1H3,(H,16,21)(H,17,18). The maximum atomic E-state index is 11.8. The number of carboxylic acids is 1. The largest absolute Gasteiger partial charge is 0.481 e. The van der Waals surface area contributed by atoms with Crippen LogP contribution in [0.4, 0.5) is 0 Å². The number of hydrogen-bond donors (Lipinski definition) is 2. The minimum absolute atomic E-state index is 0.0589. The summed E-state index contributed by atoms with van der Waals surface area (Å²) in [6, 6.07) is 8.98. The second-order valence-corrected chi connectivity index (χ2v) is 5.07. The number of aliphatic carboxylic acids is 1. The lowest BCUT2D eigenvalue weighted by Crippen LogP contribution is -2.42. The summed E-state index contributed by atoms with van der Waals surface area (Å²) >= 11 is 5.15. The molecule has 0 aliphatic rings. The molecule has 114 valence electrons. The van der Waals surface area contributed by atoms with E-state index in [4.69, 9.17) is 22.1 Å². The Morgan fingerprint density at radius 1 is 1.29 bits per heavy atom. The first-order chi connectivity index (χ1) is 10.0. The zero-order valence-corrected chi connectivity index (χ0v) is 12.7. The van der Waals surface area contributed by atoms with E-state index >= 15 is 0 Å². The van der Waals surface area contributed by atoms with Crippen molar-refractivity contribution in [2.24, 2.45) is 0 Å². The molecule has 0 aromatic heterocycles. The van der Waals surface area contributed by atoms with Gasteiger partial charge < -0.3 is 15.2 Å². The van der Waals surface area contributed by atoms with Gasteiger partial charge in [0.15, 0.2) is 0 Å². The molecular weight excluding hydrogens is 290 g/mol. The Balaban J connectivity index is 2.56. The summed E-state index contributed by atoms with van der Waals surface area (Å²) in [6.45, 7) is 0. The number of benzene rings is 1. The first-order valence-corrected chi connectivity index (χ1v) is 7.06. The lowest BCUT2D eigenvalue weighted by atomic mass is 10.1. The molecule has 0 heterocycles. The molecule has 0 amide bonds. The van der Waals surface area contributed by atoms with Crippen LogP contribution in [0.25, 0.3) is 0 Å². The Labute approximate surface area is 129 Å². The Bertz CT molecular complexity index is 490. The summed E-state index contributed by atoms with van der Waals surface area (Å²) in [4.78, 5) is 22.7. The topological polar surface area (TPSA) is 75.6 Å². The van der Waals surface area contributed by atoms with Crippen molar-refractivity contribution in [2.75, 3.05) is 7.11 Å². The van der Waals surface area contributed by atoms with Gasteiger partial charge in [0.05, 0.1) is 12.1 Å². The smallest absolute Gasteiger partial charge is 0.328 e. The minimum atomic E-state index is -0.855. The summed E-state index contributed by atoms with van der Waals surface area (Å²) < 4.78 is 4.77. The molecule has 0 saturated heterocycles. The second kappa shape index (κ2) is 9.07. The monoisotopic (exact) mass is 309 g/mol. The lowest BCUT2D eigenvalue weighted by Gasteiger charge is -2.18. The highest BCUT2D eigenvalue weighted by molar-refractivity contribution is 7.80. The van der Waals surface area contributed by atoms with Crippen LogP contribution in [-0.4, -0.2) is 35.2 Å². The van der Waals surface area contributed by atoms with Crippen LogP contribution in [0.1, 0.15) is 24.8 Å². The molecule has 5 nitrogen and oxygen atoms in total. The highest BCUT2D eigenvalue weighted by Gasteiger charge is 2.20. The molecule has 1 rings (SSSR count). The van der Waals surface area contributed by atoms with E-state index in [0.29, 0.717) is 24.3 Å². The third-order valence-electron chi connectivity index (χ3n) is 2.90. The molecule has 0 radical (unpaired) electrons. The summed E-state index contributed by atoms with van der Waals surface area (Å²) in [5, 5.41) is 11.5. The molecule has 0 fully saturated rings. The van der Waals surface area contributed by atoms with Gasteiger partial charge in [0.1, 0.15) is 6.04 Å². The number of carboxylic acid groups (broad SMARTS) is 1. The van der Waals surface area contributed by atoms with Gasteiger partial charge in [-0.2, -0.15) is 0 Å². The summed E-state index contributed by atoms with van der Waals surface area (Å²) in [5.74, 6) is -1.24. The number of ether oxygens (including phenoxy) is 1. The fourth-order valence-corrected chi connectivity index (χ4v) is 2.14. The summed E-state index contributed by atoms with van der Waals surface area (Å²) in [7, 11) is 1.33. The predicted molar refractivity (Wildman–Crippen MR) is 83.2 cm³/mol. The number of methoxy groups -OCH3 is 1. The van der Waals surface area contributed by atoms with E-state index in [2.05, 4.69) is 5.32 Å². The van der Waals surface area contributed by atoms with Crippen molar-refractivity contribution in [1.29, 1.82) is 0 Å². The lowest BCUT2D eigenvalue weighted by molar-refractivity contribution is -0.142. The van der Waals surface area contributed by atoms with Crippen LogP contribution in [0.5, 0.6) is 0 Å². The van der Waals surface area contributed by atoms with Gasteiger partial charge in [-0.3, -0.25) is 4.79 Å². The van der Waals surface area contributed by atoms with Crippen molar-refractivity contribution in [3.05, 3.63) is 35.9 Å². The fourth-order valence-electron chi connectivity index (χ4n) is 1.85. The van der Waals surface area contributed by atoms with E-state index < -0.39 is 12.0 Å².